The van der Waals surface area contributed by atoms with E-state index in [0.717, 1.165) is 19.5 Å². The Bertz CT molecular complexity index is 219. The zero-order valence-electron chi connectivity index (χ0n) is 7.56. The fourth-order valence-electron chi connectivity index (χ4n) is 1.03. The van der Waals surface area contributed by atoms with E-state index >= 15 is 0 Å². The maximum absolute atomic E-state index is 11.7. The van der Waals surface area contributed by atoms with Gasteiger partial charge < -0.3 is 4.90 Å². The molecule has 1 rings (SSSR count). The number of hydrogen-bond acceptors (Lipinski definition) is 1. The van der Waals surface area contributed by atoms with Gasteiger partial charge in [-0.3, -0.25) is 4.79 Å². The molecule has 0 aromatic heterocycles. The molecule has 0 aromatic rings. The average molecular weight is 188 g/mol. The van der Waals surface area contributed by atoms with Crippen molar-refractivity contribution < 1.29 is 4.79 Å². The van der Waals surface area contributed by atoms with Crippen molar-refractivity contribution in [1.29, 1.82) is 0 Å². The molecule has 1 amide bonds. The second-order valence-electron chi connectivity index (χ2n) is 3.68. The van der Waals surface area contributed by atoms with Crippen molar-refractivity contribution in [3.63, 3.8) is 0 Å². The lowest BCUT2D eigenvalue weighted by Gasteiger charge is -2.37. The van der Waals surface area contributed by atoms with E-state index < -0.39 is 5.41 Å². The second kappa shape index (κ2) is 3.09. The molecule has 12 heavy (non-hydrogen) atoms. The van der Waals surface area contributed by atoms with Gasteiger partial charge in [0.15, 0.2) is 0 Å². The Labute approximate surface area is 78.2 Å². The monoisotopic (exact) mass is 187 g/mol. The van der Waals surface area contributed by atoms with Crippen LogP contribution in [0.2, 0.25) is 0 Å². The number of hydrogen-bond donors (Lipinski definition) is 0. The van der Waals surface area contributed by atoms with Gasteiger partial charge in [-0.1, -0.05) is 18.2 Å². The van der Waals surface area contributed by atoms with Gasteiger partial charge in [-0.25, -0.2) is 0 Å². The largest absolute Gasteiger partial charge is 0.342 e. The Balaban J connectivity index is 2.66. The number of halogens is 1. The predicted octanol–water partition coefficient (Wildman–Crippen LogP) is 2.00. The number of nitrogens with zero attached hydrogens (tertiary/aromatic N) is 1. The van der Waals surface area contributed by atoms with Gasteiger partial charge in [-0.05, 0) is 20.3 Å². The Hall–Kier alpha value is -0.500. The van der Waals surface area contributed by atoms with E-state index in [0.29, 0.717) is 5.03 Å². The summed E-state index contributed by atoms with van der Waals surface area (Å²) in [5, 5.41) is 0.416. The normalized spacial score (nSPS) is 17.1. The minimum Gasteiger partial charge on any atom is -0.342 e. The molecule has 3 heteroatoms. The third-order valence-electron chi connectivity index (χ3n) is 2.36. The number of carbonyl (C=O) groups is 1. The standard InChI is InChI=1S/C9H14ClNO/c1-7(10)9(2,3)8(12)11-5-4-6-11/h1,4-6H2,2-3H3. The van der Waals surface area contributed by atoms with Crippen LogP contribution in [0.3, 0.4) is 0 Å². The van der Waals surface area contributed by atoms with Crippen LogP contribution in [0.4, 0.5) is 0 Å². The Morgan fingerprint density at radius 1 is 1.50 bits per heavy atom. The molecule has 0 radical (unpaired) electrons. The third kappa shape index (κ3) is 1.48. The van der Waals surface area contributed by atoms with Gasteiger partial charge in [0.25, 0.3) is 0 Å². The highest BCUT2D eigenvalue weighted by atomic mass is 35.5. The summed E-state index contributed by atoms with van der Waals surface area (Å²) in [6.45, 7) is 8.96. The van der Waals surface area contributed by atoms with Gasteiger partial charge >= 0.3 is 0 Å². The first-order valence-electron chi connectivity index (χ1n) is 4.10. The lowest BCUT2D eigenvalue weighted by atomic mass is 9.90. The molecule has 1 fully saturated rings. The molecule has 1 saturated heterocycles. The van der Waals surface area contributed by atoms with E-state index in [4.69, 9.17) is 11.6 Å². The van der Waals surface area contributed by atoms with Gasteiger partial charge in [0, 0.05) is 18.1 Å². The lowest BCUT2D eigenvalue weighted by Crippen LogP contribution is -2.48. The summed E-state index contributed by atoms with van der Waals surface area (Å²) in [5.74, 6) is 0.0914. The smallest absolute Gasteiger partial charge is 0.233 e. The van der Waals surface area contributed by atoms with E-state index in [1.54, 1.807) is 0 Å². The van der Waals surface area contributed by atoms with Crippen LogP contribution in [0.1, 0.15) is 20.3 Å². The Kier molecular flexibility index (Phi) is 2.47. The van der Waals surface area contributed by atoms with Crippen LogP contribution in [-0.2, 0) is 4.79 Å². The molecule has 0 atom stereocenters. The summed E-state index contributed by atoms with van der Waals surface area (Å²) in [7, 11) is 0. The van der Waals surface area contributed by atoms with E-state index in [1.807, 2.05) is 18.7 Å². The molecule has 0 bridgehead atoms. The molecular weight excluding hydrogens is 174 g/mol. The first kappa shape index (κ1) is 9.59. The first-order chi connectivity index (χ1) is 5.46. The summed E-state index contributed by atoms with van der Waals surface area (Å²) >= 11 is 5.75. The molecule has 0 spiro atoms. The maximum atomic E-state index is 11.7. The summed E-state index contributed by atoms with van der Waals surface area (Å²) in [5.41, 5.74) is -0.609. The highest BCUT2D eigenvalue weighted by Gasteiger charge is 2.35. The summed E-state index contributed by atoms with van der Waals surface area (Å²) in [4.78, 5) is 13.5. The van der Waals surface area contributed by atoms with Crippen molar-refractivity contribution in [2.45, 2.75) is 20.3 Å². The van der Waals surface area contributed by atoms with Gasteiger partial charge in [-0.2, -0.15) is 0 Å². The van der Waals surface area contributed by atoms with Gasteiger partial charge in [0.05, 0.1) is 5.41 Å². The molecule has 0 N–H and O–H groups in total. The fourth-order valence-corrected chi connectivity index (χ4v) is 1.11. The van der Waals surface area contributed by atoms with Crippen LogP contribution >= 0.6 is 11.6 Å². The number of carbonyl (C=O) groups excluding carboxylic acids is 1. The molecule has 1 heterocycles. The molecule has 0 aliphatic carbocycles. The average Bonchev–Trinajstić information content (AvgIpc) is 1.83. The molecule has 0 aromatic carbocycles. The molecule has 1 aliphatic heterocycles. The van der Waals surface area contributed by atoms with Crippen molar-refractivity contribution in [2.24, 2.45) is 5.41 Å². The molecule has 1 aliphatic rings. The van der Waals surface area contributed by atoms with Crippen LogP contribution in [-0.4, -0.2) is 23.9 Å². The van der Waals surface area contributed by atoms with E-state index in [9.17, 15) is 4.79 Å². The molecular formula is C9H14ClNO. The summed E-state index contributed by atoms with van der Waals surface area (Å²) in [6, 6.07) is 0. The number of likely N-dealkylation sites (tertiary alicyclic amines) is 1. The molecule has 68 valence electrons. The van der Waals surface area contributed by atoms with E-state index in [2.05, 4.69) is 6.58 Å². The zero-order chi connectivity index (χ0) is 9.35. The highest BCUT2D eigenvalue weighted by Crippen LogP contribution is 2.31. The third-order valence-corrected chi connectivity index (χ3v) is 2.83. The quantitative estimate of drug-likeness (QED) is 0.648. The fraction of sp³-hybridized carbons (Fsp3) is 0.667. The van der Waals surface area contributed by atoms with Crippen LogP contribution in [0.15, 0.2) is 11.6 Å². The van der Waals surface area contributed by atoms with E-state index in [1.165, 1.54) is 0 Å². The Morgan fingerprint density at radius 2 is 2.00 bits per heavy atom. The zero-order valence-corrected chi connectivity index (χ0v) is 8.32. The Morgan fingerprint density at radius 3 is 2.25 bits per heavy atom. The van der Waals surface area contributed by atoms with Gasteiger partial charge in [0.2, 0.25) is 5.91 Å². The van der Waals surface area contributed by atoms with Crippen molar-refractivity contribution >= 4 is 17.5 Å². The van der Waals surface area contributed by atoms with Crippen molar-refractivity contribution in [3.05, 3.63) is 11.6 Å². The van der Waals surface area contributed by atoms with Crippen molar-refractivity contribution in [1.82, 2.24) is 4.90 Å². The van der Waals surface area contributed by atoms with E-state index in [-0.39, 0.29) is 5.91 Å². The lowest BCUT2D eigenvalue weighted by molar-refractivity contribution is -0.141. The molecule has 0 saturated carbocycles. The minimum atomic E-state index is -0.609. The minimum absolute atomic E-state index is 0.0914. The SMILES string of the molecule is C=C(Cl)C(C)(C)C(=O)N1CCC1. The second-order valence-corrected chi connectivity index (χ2v) is 4.13. The van der Waals surface area contributed by atoms with Crippen LogP contribution < -0.4 is 0 Å². The predicted molar refractivity (Wildman–Crippen MR) is 50.0 cm³/mol. The van der Waals surface area contributed by atoms with Crippen LogP contribution in [0.25, 0.3) is 0 Å². The van der Waals surface area contributed by atoms with Crippen molar-refractivity contribution in [3.8, 4) is 0 Å². The summed E-state index contributed by atoms with van der Waals surface area (Å²) in [6.07, 6.45) is 1.11. The molecule has 0 unspecified atom stereocenters. The molecule has 2 nitrogen and oxygen atoms in total. The van der Waals surface area contributed by atoms with Gasteiger partial charge in [0.1, 0.15) is 0 Å². The topological polar surface area (TPSA) is 20.3 Å². The van der Waals surface area contributed by atoms with Crippen molar-refractivity contribution in [2.75, 3.05) is 13.1 Å². The maximum Gasteiger partial charge on any atom is 0.233 e. The number of amides is 1. The first-order valence-corrected chi connectivity index (χ1v) is 4.48. The highest BCUT2D eigenvalue weighted by molar-refractivity contribution is 6.31. The summed E-state index contributed by atoms with van der Waals surface area (Å²) < 4.78 is 0. The van der Waals surface area contributed by atoms with Crippen LogP contribution in [0, 0.1) is 5.41 Å². The van der Waals surface area contributed by atoms with Gasteiger partial charge in [-0.15, -0.1) is 0 Å². The van der Waals surface area contributed by atoms with Crippen LogP contribution in [0.5, 0.6) is 0 Å². The number of rotatable bonds is 2.